The van der Waals surface area contributed by atoms with Crippen molar-refractivity contribution in [2.75, 3.05) is 5.43 Å². The van der Waals surface area contributed by atoms with Crippen molar-refractivity contribution in [2.45, 2.75) is 18.4 Å². The largest absolute Gasteiger partial charge is 0.308 e. The monoisotopic (exact) mass is 259 g/mol. The van der Waals surface area contributed by atoms with Crippen molar-refractivity contribution in [3.63, 3.8) is 0 Å². The molecule has 0 amide bonds. The molecule has 1 heterocycles. The first-order valence-corrected chi connectivity index (χ1v) is 6.99. The molecule has 1 aromatic carbocycles. The molecule has 94 valence electrons. The van der Waals surface area contributed by atoms with Gasteiger partial charge in [-0.25, -0.2) is 10.8 Å². The highest BCUT2D eigenvalue weighted by molar-refractivity contribution is 7.97. The Kier molecular flexibility index (Phi) is 4.61. The summed E-state index contributed by atoms with van der Waals surface area (Å²) in [6.45, 7) is 2.12. The minimum Gasteiger partial charge on any atom is -0.308 e. The number of rotatable bonds is 5. The third kappa shape index (κ3) is 3.75. The Morgan fingerprint density at radius 3 is 2.78 bits per heavy atom. The number of nitrogens with two attached hydrogens (primary N) is 1. The first kappa shape index (κ1) is 12.9. The van der Waals surface area contributed by atoms with Crippen molar-refractivity contribution in [1.29, 1.82) is 0 Å². The second-order valence-corrected chi connectivity index (χ2v) is 5.13. The van der Waals surface area contributed by atoms with Crippen LogP contribution in [-0.2, 0) is 11.5 Å². The van der Waals surface area contributed by atoms with Gasteiger partial charge < -0.3 is 5.43 Å². The lowest BCUT2D eigenvalue weighted by Gasteiger charge is -2.04. The maximum absolute atomic E-state index is 5.34. The summed E-state index contributed by atoms with van der Waals surface area (Å²) in [6, 6.07) is 14.4. The summed E-state index contributed by atoms with van der Waals surface area (Å²) in [5.74, 6) is 7.94. The summed E-state index contributed by atoms with van der Waals surface area (Å²) < 4.78 is 0. The van der Waals surface area contributed by atoms with Gasteiger partial charge >= 0.3 is 0 Å². The van der Waals surface area contributed by atoms with Gasteiger partial charge in [-0.1, -0.05) is 35.9 Å². The quantitative estimate of drug-likeness (QED) is 0.640. The number of thioether (sulfide) groups is 1. The van der Waals surface area contributed by atoms with Gasteiger partial charge in [-0.2, -0.15) is 11.8 Å². The van der Waals surface area contributed by atoms with Gasteiger partial charge in [-0.15, -0.1) is 0 Å². The lowest BCUT2D eigenvalue weighted by Crippen LogP contribution is -2.08. The molecular formula is C14H17N3S. The van der Waals surface area contributed by atoms with Gasteiger partial charge in [0.15, 0.2) is 0 Å². The van der Waals surface area contributed by atoms with Crippen LogP contribution in [-0.4, -0.2) is 4.98 Å². The normalized spacial score (nSPS) is 10.3. The number of aromatic nitrogens is 1. The predicted molar refractivity (Wildman–Crippen MR) is 78.2 cm³/mol. The van der Waals surface area contributed by atoms with Crippen LogP contribution < -0.4 is 11.3 Å². The molecule has 2 rings (SSSR count). The highest BCUT2D eigenvalue weighted by Gasteiger charge is 1.98. The summed E-state index contributed by atoms with van der Waals surface area (Å²) in [5.41, 5.74) is 6.27. The molecule has 0 spiro atoms. The molecule has 0 fully saturated rings. The Balaban J connectivity index is 1.88. The highest BCUT2D eigenvalue weighted by Crippen LogP contribution is 2.18. The van der Waals surface area contributed by atoms with Gasteiger partial charge in [0.05, 0.1) is 5.69 Å². The SMILES string of the molecule is Cc1cccc(CSCc2cccc(NN)n2)c1. The maximum atomic E-state index is 5.34. The summed E-state index contributed by atoms with van der Waals surface area (Å²) in [7, 11) is 0. The van der Waals surface area contributed by atoms with Crippen molar-refractivity contribution < 1.29 is 0 Å². The minimum atomic E-state index is 0.712. The molecule has 0 unspecified atom stereocenters. The van der Waals surface area contributed by atoms with Crippen molar-refractivity contribution in [3.8, 4) is 0 Å². The van der Waals surface area contributed by atoms with Gasteiger partial charge in [0.1, 0.15) is 5.82 Å². The number of nitrogens with one attached hydrogen (secondary N) is 1. The first-order chi connectivity index (χ1) is 8.78. The fourth-order valence-corrected chi connectivity index (χ4v) is 2.60. The maximum Gasteiger partial charge on any atom is 0.140 e. The zero-order valence-electron chi connectivity index (χ0n) is 10.4. The van der Waals surface area contributed by atoms with Gasteiger partial charge in [-0.3, -0.25) is 0 Å². The third-order valence-electron chi connectivity index (χ3n) is 2.56. The number of aryl methyl sites for hydroxylation is 1. The average Bonchev–Trinajstić information content (AvgIpc) is 2.39. The summed E-state index contributed by atoms with van der Waals surface area (Å²) in [4.78, 5) is 4.38. The molecule has 0 aliphatic carbocycles. The number of anilines is 1. The number of hydrogen-bond acceptors (Lipinski definition) is 4. The van der Waals surface area contributed by atoms with Crippen LogP contribution >= 0.6 is 11.8 Å². The second-order valence-electron chi connectivity index (χ2n) is 4.14. The molecule has 4 heteroatoms. The molecule has 0 aliphatic rings. The molecule has 2 aromatic rings. The number of pyridine rings is 1. The predicted octanol–water partition coefficient (Wildman–Crippen LogP) is 3.11. The minimum absolute atomic E-state index is 0.712. The Hall–Kier alpha value is -1.52. The van der Waals surface area contributed by atoms with E-state index in [9.17, 15) is 0 Å². The van der Waals surface area contributed by atoms with Crippen molar-refractivity contribution >= 4 is 17.6 Å². The highest BCUT2D eigenvalue weighted by atomic mass is 32.2. The fourth-order valence-electron chi connectivity index (χ4n) is 1.72. The van der Waals surface area contributed by atoms with Crippen LogP contribution in [0.1, 0.15) is 16.8 Å². The summed E-state index contributed by atoms with van der Waals surface area (Å²) in [5, 5.41) is 0. The van der Waals surface area contributed by atoms with E-state index in [1.807, 2.05) is 30.0 Å². The van der Waals surface area contributed by atoms with E-state index in [1.165, 1.54) is 11.1 Å². The average molecular weight is 259 g/mol. The van der Waals surface area contributed by atoms with Crippen LogP contribution in [0.4, 0.5) is 5.82 Å². The number of nitrogen functional groups attached to an aromatic ring is 1. The zero-order valence-corrected chi connectivity index (χ0v) is 11.2. The van der Waals surface area contributed by atoms with Crippen molar-refractivity contribution in [1.82, 2.24) is 4.98 Å². The van der Waals surface area contributed by atoms with E-state index in [0.29, 0.717) is 5.82 Å². The van der Waals surface area contributed by atoms with Gasteiger partial charge in [0.2, 0.25) is 0 Å². The van der Waals surface area contributed by atoms with Gasteiger partial charge in [-0.05, 0) is 24.6 Å². The molecule has 0 saturated carbocycles. The number of benzene rings is 1. The van der Waals surface area contributed by atoms with E-state index in [1.54, 1.807) is 0 Å². The Morgan fingerprint density at radius 1 is 1.17 bits per heavy atom. The lowest BCUT2D eigenvalue weighted by atomic mass is 10.2. The molecule has 3 N–H and O–H groups in total. The molecule has 3 nitrogen and oxygen atoms in total. The molecule has 0 aliphatic heterocycles. The van der Waals surface area contributed by atoms with Crippen LogP contribution in [0.5, 0.6) is 0 Å². The van der Waals surface area contributed by atoms with Crippen molar-refractivity contribution in [3.05, 3.63) is 59.3 Å². The molecule has 0 bridgehead atoms. The van der Waals surface area contributed by atoms with E-state index in [0.717, 1.165) is 17.2 Å². The number of nitrogens with zero attached hydrogens (tertiary/aromatic N) is 1. The molecule has 0 saturated heterocycles. The van der Waals surface area contributed by atoms with Crippen LogP contribution in [0.15, 0.2) is 42.5 Å². The third-order valence-corrected chi connectivity index (χ3v) is 3.59. The summed E-state index contributed by atoms with van der Waals surface area (Å²) >= 11 is 1.86. The van der Waals surface area contributed by atoms with Crippen LogP contribution in [0.25, 0.3) is 0 Å². The van der Waals surface area contributed by atoms with E-state index in [-0.39, 0.29) is 0 Å². The molecule has 1 aromatic heterocycles. The Labute approximate surface area is 112 Å². The smallest absolute Gasteiger partial charge is 0.140 e. The topological polar surface area (TPSA) is 50.9 Å². The number of hydrogen-bond donors (Lipinski definition) is 2. The van der Waals surface area contributed by atoms with Gasteiger partial charge in [0, 0.05) is 11.5 Å². The Morgan fingerprint density at radius 2 is 2.00 bits per heavy atom. The summed E-state index contributed by atoms with van der Waals surface area (Å²) in [6.07, 6.45) is 0. The molecule has 0 atom stereocenters. The van der Waals surface area contributed by atoms with Crippen LogP contribution in [0.3, 0.4) is 0 Å². The Bertz CT molecular complexity index is 514. The van der Waals surface area contributed by atoms with E-state index in [2.05, 4.69) is 41.6 Å². The van der Waals surface area contributed by atoms with Crippen LogP contribution in [0, 0.1) is 6.92 Å². The van der Waals surface area contributed by atoms with E-state index >= 15 is 0 Å². The molecule has 0 radical (unpaired) electrons. The zero-order chi connectivity index (χ0) is 12.8. The second kappa shape index (κ2) is 6.42. The molecule has 18 heavy (non-hydrogen) atoms. The fraction of sp³-hybridized carbons (Fsp3) is 0.214. The molecular weight excluding hydrogens is 242 g/mol. The first-order valence-electron chi connectivity index (χ1n) is 5.84. The lowest BCUT2D eigenvalue weighted by molar-refractivity contribution is 1.14. The standard InChI is InChI=1S/C14H17N3S/c1-11-4-2-5-12(8-11)9-18-10-13-6-3-7-14(16-13)17-15/h2-8H,9-10,15H2,1H3,(H,16,17). The van der Waals surface area contributed by atoms with E-state index < -0.39 is 0 Å². The van der Waals surface area contributed by atoms with Gasteiger partial charge in [0.25, 0.3) is 0 Å². The van der Waals surface area contributed by atoms with Crippen molar-refractivity contribution in [2.24, 2.45) is 5.84 Å². The van der Waals surface area contributed by atoms with E-state index in [4.69, 9.17) is 5.84 Å². The number of hydrazine groups is 1. The van der Waals surface area contributed by atoms with Crippen LogP contribution in [0.2, 0.25) is 0 Å².